The van der Waals surface area contributed by atoms with Gasteiger partial charge < -0.3 is 14.7 Å². The van der Waals surface area contributed by atoms with Crippen molar-refractivity contribution in [2.45, 2.75) is 43.2 Å². The first-order chi connectivity index (χ1) is 18.4. The van der Waals surface area contributed by atoms with Gasteiger partial charge in [0, 0.05) is 24.5 Å². The zero-order valence-corrected chi connectivity index (χ0v) is 22.2. The summed E-state index contributed by atoms with van der Waals surface area (Å²) in [5.41, 5.74) is 1.28. The average Bonchev–Trinajstić information content (AvgIpc) is 2.90. The molecular formula is C29H33F3N2O3S. The highest BCUT2D eigenvalue weighted by atomic mass is 32.2. The first-order valence-corrected chi connectivity index (χ1v) is 13.9. The molecule has 0 spiro atoms. The molecule has 0 radical (unpaired) electrons. The van der Waals surface area contributed by atoms with E-state index in [-0.39, 0.29) is 23.2 Å². The molecule has 204 valence electrons. The normalized spacial score (nSPS) is 18.9. The average molecular weight is 547 g/mol. The number of pyridine rings is 1. The van der Waals surface area contributed by atoms with E-state index in [1.54, 1.807) is 31.5 Å². The summed E-state index contributed by atoms with van der Waals surface area (Å²) in [6.45, 7) is 2.15. The molecule has 0 saturated carbocycles. The second-order valence-corrected chi connectivity index (χ2v) is 10.9. The number of piperidine rings is 1. The van der Waals surface area contributed by atoms with Crippen LogP contribution in [0.25, 0.3) is 10.9 Å². The van der Waals surface area contributed by atoms with Crippen LogP contribution in [0.1, 0.15) is 43.8 Å². The van der Waals surface area contributed by atoms with E-state index in [0.717, 1.165) is 43.1 Å². The Labute approximate surface area is 225 Å². The van der Waals surface area contributed by atoms with Crippen molar-refractivity contribution in [3.63, 3.8) is 0 Å². The van der Waals surface area contributed by atoms with Crippen molar-refractivity contribution in [2.75, 3.05) is 32.5 Å². The van der Waals surface area contributed by atoms with Crippen LogP contribution in [0.2, 0.25) is 0 Å². The molecule has 1 fully saturated rings. The molecule has 0 bridgehead atoms. The van der Waals surface area contributed by atoms with E-state index in [9.17, 15) is 18.7 Å². The van der Waals surface area contributed by atoms with Gasteiger partial charge in [-0.05, 0) is 98.3 Å². The van der Waals surface area contributed by atoms with E-state index in [1.165, 1.54) is 18.2 Å². The largest absolute Gasteiger partial charge is 0.497 e. The number of likely N-dealkylation sites (tertiary alicyclic amines) is 1. The van der Waals surface area contributed by atoms with Gasteiger partial charge in [0.25, 0.3) is 0 Å². The fourth-order valence-corrected chi connectivity index (χ4v) is 6.23. The lowest BCUT2D eigenvalue weighted by Gasteiger charge is -2.38. The van der Waals surface area contributed by atoms with Crippen LogP contribution in [-0.2, 0) is 4.79 Å². The number of alkyl halides is 1. The van der Waals surface area contributed by atoms with Gasteiger partial charge in [-0.25, -0.2) is 13.2 Å². The summed E-state index contributed by atoms with van der Waals surface area (Å²) in [6, 6.07) is 11.0. The highest BCUT2D eigenvalue weighted by molar-refractivity contribution is 7.99. The van der Waals surface area contributed by atoms with E-state index in [0.29, 0.717) is 42.0 Å². The lowest BCUT2D eigenvalue weighted by Crippen LogP contribution is -2.42. The van der Waals surface area contributed by atoms with Crippen molar-refractivity contribution >= 4 is 28.6 Å². The number of halogens is 3. The number of fused-ring (bicyclic) bond motifs is 1. The fourth-order valence-electron chi connectivity index (χ4n) is 5.34. The third-order valence-electron chi connectivity index (χ3n) is 7.31. The quantitative estimate of drug-likeness (QED) is 0.197. The third-order valence-corrected chi connectivity index (χ3v) is 8.48. The van der Waals surface area contributed by atoms with Gasteiger partial charge in [-0.1, -0.05) is 6.07 Å². The number of thioether (sulfide) groups is 1. The summed E-state index contributed by atoms with van der Waals surface area (Å²) in [6.07, 6.45) is 2.90. The summed E-state index contributed by atoms with van der Waals surface area (Å²) >= 11 is 1.16. The highest BCUT2D eigenvalue weighted by Crippen LogP contribution is 2.36. The number of carbonyl (C=O) groups is 1. The molecule has 0 aliphatic carbocycles. The maximum absolute atomic E-state index is 15.5. The molecule has 4 rings (SSSR count). The molecule has 9 heteroatoms. The van der Waals surface area contributed by atoms with E-state index in [4.69, 9.17) is 4.74 Å². The van der Waals surface area contributed by atoms with Gasteiger partial charge in [0.1, 0.15) is 23.6 Å². The minimum Gasteiger partial charge on any atom is -0.497 e. The van der Waals surface area contributed by atoms with E-state index in [1.807, 2.05) is 6.07 Å². The predicted molar refractivity (Wildman–Crippen MR) is 143 cm³/mol. The Morgan fingerprint density at radius 2 is 2.00 bits per heavy atom. The minimum absolute atomic E-state index is 0.0381. The summed E-state index contributed by atoms with van der Waals surface area (Å²) in [7, 11) is 1.57. The predicted octanol–water partition coefficient (Wildman–Crippen LogP) is 6.91. The number of methoxy groups -OCH3 is 1. The number of carboxylic acids is 1. The number of hydrogen-bond donors (Lipinski definition) is 1. The van der Waals surface area contributed by atoms with Crippen molar-refractivity contribution in [3.8, 4) is 5.75 Å². The van der Waals surface area contributed by atoms with E-state index in [2.05, 4.69) is 9.88 Å². The molecule has 1 aliphatic rings. The number of benzene rings is 2. The third kappa shape index (κ3) is 7.20. The Kier molecular flexibility index (Phi) is 9.91. The van der Waals surface area contributed by atoms with Crippen LogP contribution >= 0.6 is 11.8 Å². The molecule has 1 unspecified atom stereocenters. The molecule has 1 N–H and O–H groups in total. The summed E-state index contributed by atoms with van der Waals surface area (Å²) < 4.78 is 48.4. The number of ether oxygens (including phenoxy) is 1. The van der Waals surface area contributed by atoms with Crippen molar-refractivity contribution in [2.24, 2.45) is 11.8 Å². The fraction of sp³-hybridized carbons (Fsp3) is 0.448. The van der Waals surface area contributed by atoms with Gasteiger partial charge in [0.05, 0.1) is 17.5 Å². The molecule has 38 heavy (non-hydrogen) atoms. The van der Waals surface area contributed by atoms with E-state index < -0.39 is 23.8 Å². The zero-order valence-electron chi connectivity index (χ0n) is 21.4. The molecule has 2 aromatic carbocycles. The van der Waals surface area contributed by atoms with Crippen LogP contribution in [0, 0.1) is 23.5 Å². The topological polar surface area (TPSA) is 62.7 Å². The second-order valence-electron chi connectivity index (χ2n) is 9.79. The van der Waals surface area contributed by atoms with Gasteiger partial charge in [0.2, 0.25) is 0 Å². The van der Waals surface area contributed by atoms with Crippen LogP contribution in [-0.4, -0.2) is 53.5 Å². The van der Waals surface area contributed by atoms with Crippen LogP contribution in [0.4, 0.5) is 13.2 Å². The first-order valence-electron chi connectivity index (χ1n) is 12.9. The maximum atomic E-state index is 15.5. The molecule has 2 heterocycles. The summed E-state index contributed by atoms with van der Waals surface area (Å²) in [4.78, 5) is 18.2. The van der Waals surface area contributed by atoms with Crippen LogP contribution < -0.4 is 4.74 Å². The Hall–Kier alpha value is -2.78. The minimum atomic E-state index is -1.19. The van der Waals surface area contributed by atoms with Crippen molar-refractivity contribution in [3.05, 3.63) is 65.9 Å². The molecule has 5 nitrogen and oxygen atoms in total. The van der Waals surface area contributed by atoms with Crippen molar-refractivity contribution in [1.82, 2.24) is 9.88 Å². The first kappa shape index (κ1) is 28.2. The van der Waals surface area contributed by atoms with E-state index >= 15 is 4.39 Å². The molecule has 0 amide bonds. The van der Waals surface area contributed by atoms with Crippen LogP contribution in [0.15, 0.2) is 53.6 Å². The highest BCUT2D eigenvalue weighted by Gasteiger charge is 2.31. The molecule has 3 aromatic rings. The number of aromatic nitrogens is 1. The number of carboxylic acid groups (broad SMARTS) is 1. The number of nitrogens with zero attached hydrogens (tertiary/aromatic N) is 2. The molecule has 3 atom stereocenters. The van der Waals surface area contributed by atoms with Gasteiger partial charge in [-0.15, -0.1) is 11.8 Å². The Balaban J connectivity index is 1.31. The lowest BCUT2D eigenvalue weighted by molar-refractivity contribution is -0.139. The standard InChI is InChI=1S/C29H33F3N2O3S/c1-37-21-7-9-27-23(17-21)22(10-12-33-27)24(30)8-6-19-11-14-34(18-20(19)16-28(35)36)13-3-15-38-29-25(31)4-2-5-26(29)32/h2,4-5,7,9-10,12,17,19-20,24H,3,6,8,11,13-16,18H2,1H3,(H,35,36)/t19-,20+,24?/m1/s1. The van der Waals surface area contributed by atoms with Gasteiger partial charge in [0.15, 0.2) is 0 Å². The second kappa shape index (κ2) is 13.3. The van der Waals surface area contributed by atoms with Crippen molar-refractivity contribution in [1.29, 1.82) is 0 Å². The Morgan fingerprint density at radius 1 is 1.21 bits per heavy atom. The monoisotopic (exact) mass is 546 g/mol. The zero-order chi connectivity index (χ0) is 27.1. The number of rotatable bonds is 12. The number of aliphatic carboxylic acids is 1. The Morgan fingerprint density at radius 3 is 2.74 bits per heavy atom. The summed E-state index contributed by atoms with van der Waals surface area (Å²) in [5, 5.41) is 10.2. The van der Waals surface area contributed by atoms with Crippen LogP contribution in [0.3, 0.4) is 0 Å². The van der Waals surface area contributed by atoms with Gasteiger partial charge >= 0.3 is 5.97 Å². The number of hydrogen-bond acceptors (Lipinski definition) is 5. The van der Waals surface area contributed by atoms with Gasteiger partial charge in [-0.3, -0.25) is 9.78 Å². The maximum Gasteiger partial charge on any atom is 0.303 e. The smallest absolute Gasteiger partial charge is 0.303 e. The van der Waals surface area contributed by atoms with Crippen molar-refractivity contribution < 1.29 is 27.8 Å². The lowest BCUT2D eigenvalue weighted by atomic mass is 9.79. The van der Waals surface area contributed by atoms with Gasteiger partial charge in [-0.2, -0.15) is 0 Å². The molecule has 1 saturated heterocycles. The molecule has 1 aromatic heterocycles. The Bertz CT molecular complexity index is 1220. The SMILES string of the molecule is COc1ccc2nccc(C(F)CC[C@@H]3CCN(CCCSc4c(F)cccc4F)C[C@@H]3CC(=O)O)c2c1. The summed E-state index contributed by atoms with van der Waals surface area (Å²) in [5.74, 6) is -0.702. The van der Waals surface area contributed by atoms with Crippen LogP contribution in [0.5, 0.6) is 5.75 Å². The molecule has 1 aliphatic heterocycles. The molecular weight excluding hydrogens is 513 g/mol.